The maximum Gasteiger partial charge on any atom is 3.00 e. The van der Waals surface area contributed by atoms with Crippen LogP contribution < -0.4 is 30.1 Å². The maximum atomic E-state index is 11.1. The molecule has 4 nitrogen and oxygen atoms in total. The molecule has 1 unspecified atom stereocenters. The average Bonchev–Trinajstić information content (AvgIpc) is 2.16. The number of nitrogens with zero attached hydrogens (tertiary/aromatic N) is 2. The first-order chi connectivity index (χ1) is 6.20. The van der Waals surface area contributed by atoms with Gasteiger partial charge in [-0.25, -0.2) is 0 Å². The fourth-order valence-electron chi connectivity index (χ4n) is 1.34. The molecule has 1 fully saturated rings. The molecule has 1 rings (SSSR count). The van der Waals surface area contributed by atoms with Crippen molar-refractivity contribution in [2.45, 2.75) is 13.0 Å². The molecule has 0 aliphatic carbocycles. The topological polar surface area (TPSA) is 46.4 Å². The number of halogens is 2. The molecule has 0 bridgehead atoms. The molecule has 0 amide bonds. The Hall–Kier alpha value is 0.844. The molecule has 0 aromatic carbocycles. The number of carbonyl (C=O) groups excluding carboxylic acids is 1. The first-order valence-electron chi connectivity index (χ1n) is 4.76. The molecule has 1 aliphatic rings. The summed E-state index contributed by atoms with van der Waals surface area (Å²) in [5.74, 6) is 0.164. The second kappa shape index (κ2) is 12.3. The second-order valence-electron chi connectivity index (χ2n) is 3.54. The number of nitrogens with one attached hydrogen (secondary N) is 1. The number of Topliss-reactive ketones (excluding diaryl/α,β-unsaturated/α-hetero) is 1. The summed E-state index contributed by atoms with van der Waals surface area (Å²) in [5, 5.41) is 7.57. The smallest absolute Gasteiger partial charge is 1.00 e. The summed E-state index contributed by atoms with van der Waals surface area (Å²) in [6.07, 6.45) is 0. The summed E-state index contributed by atoms with van der Waals surface area (Å²) in [4.78, 5) is 13.3. The third kappa shape index (κ3) is 8.94. The van der Waals surface area contributed by atoms with E-state index in [2.05, 4.69) is 22.6 Å². The third-order valence-electron chi connectivity index (χ3n) is 2.31. The summed E-state index contributed by atoms with van der Waals surface area (Å²) in [6, 6.07) is -0.133. The van der Waals surface area contributed by atoms with Crippen LogP contribution in [0.5, 0.6) is 0 Å². The predicted molar refractivity (Wildman–Crippen MR) is 53.1 cm³/mol. The summed E-state index contributed by atoms with van der Waals surface area (Å²) >= 11 is 0. The molecule has 0 spiro atoms. The fraction of sp³-hybridized carbons (Fsp3) is 0.889. The third-order valence-corrected chi connectivity index (χ3v) is 2.31. The number of carbonyl (C=O) groups is 1. The fourth-order valence-corrected chi connectivity index (χ4v) is 1.34. The van der Waals surface area contributed by atoms with E-state index in [1.54, 1.807) is 6.92 Å². The number of likely N-dealkylation sites (N-methyl/N-ethyl adjacent to an activating group) is 1. The summed E-state index contributed by atoms with van der Waals surface area (Å²) in [7, 11) is 2.07. The molecule has 1 saturated heterocycles. The molecule has 93 valence electrons. The monoisotopic (exact) mass is 302 g/mol. The number of ketones is 1. The zero-order valence-electron chi connectivity index (χ0n) is 9.67. The van der Waals surface area contributed by atoms with Crippen LogP contribution >= 0.6 is 0 Å². The van der Waals surface area contributed by atoms with Gasteiger partial charge in [0.1, 0.15) is 5.78 Å². The molecule has 1 radical (unpaired) electrons. The van der Waals surface area contributed by atoms with Gasteiger partial charge in [-0.05, 0) is 27.1 Å². The molecule has 0 saturated carbocycles. The first-order valence-corrected chi connectivity index (χ1v) is 4.76. The van der Waals surface area contributed by atoms with Crippen LogP contribution in [-0.4, -0.2) is 56.5 Å². The minimum Gasteiger partial charge on any atom is -1.00 e. The maximum absolute atomic E-state index is 11.1. The minimum atomic E-state index is -0.133. The minimum absolute atomic E-state index is 0. The van der Waals surface area contributed by atoms with E-state index >= 15 is 0 Å². The molecule has 0 aromatic heterocycles. The molecule has 16 heavy (non-hydrogen) atoms. The molecule has 0 aromatic rings. The van der Waals surface area contributed by atoms with Crippen LogP contribution in [0, 0.1) is 0 Å². The quantitative estimate of drug-likeness (QED) is 0.491. The molecule has 1 atom stereocenters. The normalized spacial score (nSPS) is 22.2. The van der Waals surface area contributed by atoms with Crippen LogP contribution in [0.25, 0.3) is 5.32 Å². The van der Waals surface area contributed by atoms with Gasteiger partial charge in [-0.15, -0.1) is 6.54 Å². The molecule has 1 N–H and O–H groups in total. The van der Waals surface area contributed by atoms with Gasteiger partial charge in [0.05, 0.1) is 0 Å². The van der Waals surface area contributed by atoms with E-state index in [4.69, 9.17) is 0 Å². The van der Waals surface area contributed by atoms with Crippen molar-refractivity contribution in [3.8, 4) is 0 Å². The van der Waals surface area contributed by atoms with Gasteiger partial charge in [-0.3, -0.25) is 0 Å². The van der Waals surface area contributed by atoms with Crippen molar-refractivity contribution in [3.05, 3.63) is 5.32 Å². The van der Waals surface area contributed by atoms with Crippen LogP contribution in [0.2, 0.25) is 0 Å². The van der Waals surface area contributed by atoms with Crippen LogP contribution in [0.1, 0.15) is 6.92 Å². The van der Waals surface area contributed by atoms with Crippen molar-refractivity contribution in [1.82, 2.24) is 10.2 Å². The van der Waals surface area contributed by atoms with E-state index in [9.17, 15) is 4.79 Å². The summed E-state index contributed by atoms with van der Waals surface area (Å²) in [6.45, 7) is 5.99. The Morgan fingerprint density at radius 1 is 1.38 bits per heavy atom. The molecular weight excluding hydrogens is 285 g/mol. The van der Waals surface area contributed by atoms with Crippen molar-refractivity contribution >= 4 is 5.78 Å². The van der Waals surface area contributed by atoms with Gasteiger partial charge >= 0.3 is 21.7 Å². The van der Waals surface area contributed by atoms with E-state index in [-0.39, 0.29) is 58.4 Å². The van der Waals surface area contributed by atoms with Gasteiger partial charge in [0.15, 0.2) is 0 Å². The van der Waals surface area contributed by atoms with Crippen molar-refractivity contribution in [3.63, 3.8) is 0 Å². The Kier molecular flexibility index (Phi) is 17.0. The molecular formula is C9H18Cl2N3OTi. The van der Waals surface area contributed by atoms with Crippen molar-refractivity contribution in [2.24, 2.45) is 0 Å². The van der Waals surface area contributed by atoms with Crippen molar-refractivity contribution < 1.29 is 51.3 Å². The number of hydrogen-bond donors (Lipinski definition) is 1. The number of hydrogen-bond acceptors (Lipinski definition) is 3. The van der Waals surface area contributed by atoms with Crippen LogP contribution in [-0.2, 0) is 26.5 Å². The summed E-state index contributed by atoms with van der Waals surface area (Å²) in [5.41, 5.74) is 0. The Labute approximate surface area is 125 Å². The van der Waals surface area contributed by atoms with E-state index < -0.39 is 0 Å². The van der Waals surface area contributed by atoms with Gasteiger partial charge < -0.3 is 45.1 Å². The van der Waals surface area contributed by atoms with E-state index in [1.807, 2.05) is 0 Å². The van der Waals surface area contributed by atoms with Crippen molar-refractivity contribution in [1.29, 1.82) is 0 Å². The van der Waals surface area contributed by atoms with Crippen LogP contribution in [0.4, 0.5) is 0 Å². The van der Waals surface area contributed by atoms with Crippen molar-refractivity contribution in [2.75, 3.05) is 39.8 Å². The van der Waals surface area contributed by atoms with Gasteiger partial charge in [-0.2, -0.15) is 0 Å². The van der Waals surface area contributed by atoms with Crippen LogP contribution in [0.3, 0.4) is 0 Å². The number of rotatable bonds is 1. The largest absolute Gasteiger partial charge is 3.00 e. The van der Waals surface area contributed by atoms with Gasteiger partial charge in [0, 0.05) is 13.1 Å². The van der Waals surface area contributed by atoms with Gasteiger partial charge in [0.2, 0.25) is 0 Å². The molecule has 1 heterocycles. The standard InChI is InChI=1S/C9H18N3O.2ClH.Ti/c1-8(13)9-7-10-3-5-12(2)6-4-11-9;;;/h9-10H,3-7H2,1-2H3;2*1H;/q-1;;;+3/p-2. The van der Waals surface area contributed by atoms with E-state index in [0.717, 1.165) is 26.2 Å². The Balaban J connectivity index is -0.000000563. The van der Waals surface area contributed by atoms with E-state index in [1.165, 1.54) is 0 Å². The predicted octanol–water partition coefficient (Wildman–Crippen LogP) is -6.14. The zero-order chi connectivity index (χ0) is 9.68. The molecule has 7 heteroatoms. The zero-order valence-corrected chi connectivity index (χ0v) is 12.7. The Morgan fingerprint density at radius 2 is 2.00 bits per heavy atom. The Bertz CT molecular complexity index is 186. The van der Waals surface area contributed by atoms with Gasteiger partial charge in [0.25, 0.3) is 0 Å². The second-order valence-corrected chi connectivity index (χ2v) is 3.54. The SMILES string of the molecule is CC(=O)C1CNCCN(C)CC[N-]1.[Cl-].[Cl-].[Ti+3]. The first kappa shape index (κ1) is 22.1. The van der Waals surface area contributed by atoms with E-state index in [0.29, 0.717) is 6.54 Å². The van der Waals surface area contributed by atoms with Gasteiger partial charge in [-0.1, -0.05) is 6.04 Å². The average molecular weight is 303 g/mol. The summed E-state index contributed by atoms with van der Waals surface area (Å²) < 4.78 is 0. The molecule has 1 aliphatic heterocycles. The van der Waals surface area contributed by atoms with Crippen LogP contribution in [0.15, 0.2) is 0 Å². The Morgan fingerprint density at radius 3 is 2.56 bits per heavy atom.